The van der Waals surface area contributed by atoms with Crippen molar-refractivity contribution in [2.45, 2.75) is 38.3 Å². The van der Waals surface area contributed by atoms with E-state index in [0.717, 1.165) is 61.1 Å². The van der Waals surface area contributed by atoms with Crippen LogP contribution in [-0.2, 0) is 11.3 Å². The number of nitrogens with zero attached hydrogens (tertiary/aromatic N) is 6. The van der Waals surface area contributed by atoms with E-state index in [0.29, 0.717) is 18.0 Å². The number of benzene rings is 2. The Morgan fingerprint density at radius 1 is 1.17 bits per heavy atom. The second-order valence-electron chi connectivity index (χ2n) is 10.1. The van der Waals surface area contributed by atoms with Crippen LogP contribution in [0, 0.1) is 11.3 Å². The van der Waals surface area contributed by atoms with Crippen LogP contribution in [0.3, 0.4) is 0 Å². The Hall–Kier alpha value is -3.96. The van der Waals surface area contributed by atoms with Gasteiger partial charge in [0.05, 0.1) is 41.4 Å². The van der Waals surface area contributed by atoms with Gasteiger partial charge < -0.3 is 10.6 Å². The summed E-state index contributed by atoms with van der Waals surface area (Å²) in [4.78, 5) is 20.3. The van der Waals surface area contributed by atoms with E-state index in [2.05, 4.69) is 50.7 Å². The van der Waals surface area contributed by atoms with Crippen LogP contribution in [0.25, 0.3) is 21.8 Å². The molecule has 0 bridgehead atoms. The maximum atomic E-state index is 11.2. The van der Waals surface area contributed by atoms with Crippen LogP contribution >= 0.6 is 0 Å². The van der Waals surface area contributed by atoms with E-state index in [1.807, 2.05) is 24.3 Å². The van der Waals surface area contributed by atoms with Crippen molar-refractivity contribution in [3.8, 4) is 6.07 Å². The highest BCUT2D eigenvalue weighted by atomic mass is 16.1. The van der Waals surface area contributed by atoms with Gasteiger partial charge in [-0.25, -0.2) is 0 Å². The van der Waals surface area contributed by atoms with Crippen molar-refractivity contribution in [3.05, 3.63) is 65.5 Å². The van der Waals surface area contributed by atoms with Gasteiger partial charge in [-0.05, 0) is 74.7 Å². The number of amides is 1. The van der Waals surface area contributed by atoms with E-state index < -0.39 is 0 Å². The lowest BCUT2D eigenvalue weighted by Gasteiger charge is -2.34. The van der Waals surface area contributed by atoms with Crippen LogP contribution in [0.5, 0.6) is 0 Å². The first-order valence-corrected chi connectivity index (χ1v) is 12.6. The monoisotopic (exact) mass is 479 g/mol. The van der Waals surface area contributed by atoms with Gasteiger partial charge in [0.1, 0.15) is 6.07 Å². The molecule has 1 saturated heterocycles. The summed E-state index contributed by atoms with van der Waals surface area (Å²) in [5, 5.41) is 16.8. The van der Waals surface area contributed by atoms with E-state index in [1.54, 1.807) is 6.20 Å². The number of fused-ring (bicyclic) bond motifs is 4. The lowest BCUT2D eigenvalue weighted by Crippen LogP contribution is -2.39. The molecule has 8 nitrogen and oxygen atoms in total. The van der Waals surface area contributed by atoms with E-state index in [1.165, 1.54) is 16.6 Å². The molecule has 0 aliphatic carbocycles. The third kappa shape index (κ3) is 3.86. The number of aromatic nitrogens is 3. The number of piperidine rings is 1. The van der Waals surface area contributed by atoms with Crippen molar-refractivity contribution in [3.63, 3.8) is 0 Å². The highest BCUT2D eigenvalue weighted by Gasteiger charge is 2.28. The number of likely N-dealkylation sites (tertiary alicyclic amines) is 1. The molecule has 2 N–H and O–H groups in total. The second kappa shape index (κ2) is 8.92. The zero-order chi connectivity index (χ0) is 24.8. The fraction of sp³-hybridized carbons (Fsp3) is 0.357. The van der Waals surface area contributed by atoms with Gasteiger partial charge in [-0.1, -0.05) is 12.1 Å². The van der Waals surface area contributed by atoms with Gasteiger partial charge in [-0.2, -0.15) is 10.4 Å². The normalized spacial score (nSPS) is 18.9. The highest BCUT2D eigenvalue weighted by molar-refractivity contribution is 5.95. The summed E-state index contributed by atoms with van der Waals surface area (Å²) in [6, 6.07) is 17.1. The van der Waals surface area contributed by atoms with E-state index in [-0.39, 0.29) is 11.9 Å². The molecule has 2 aromatic carbocycles. The Kier molecular flexibility index (Phi) is 5.57. The average molecular weight is 480 g/mol. The number of hydrogen-bond donors (Lipinski definition) is 1. The molecule has 0 saturated carbocycles. The molecule has 6 rings (SSSR count). The molecule has 0 spiro atoms. The number of anilines is 1. The molecular weight excluding hydrogens is 450 g/mol. The summed E-state index contributed by atoms with van der Waals surface area (Å²) in [6.45, 7) is 5.93. The number of carbonyl (C=O) groups excluding carboxylic acids is 1. The van der Waals surface area contributed by atoms with Gasteiger partial charge >= 0.3 is 0 Å². The Balaban J connectivity index is 1.30. The Labute approximate surface area is 209 Å². The number of carbonyl (C=O) groups is 1. The summed E-state index contributed by atoms with van der Waals surface area (Å²) in [5.74, 6) is 0.218. The topological polar surface area (TPSA) is 104 Å². The molecule has 4 aromatic rings. The first-order valence-electron chi connectivity index (χ1n) is 12.6. The smallest absolute Gasteiger partial charge is 0.231 e. The lowest BCUT2D eigenvalue weighted by molar-refractivity contribution is -0.119. The predicted molar refractivity (Wildman–Crippen MR) is 140 cm³/mol. The summed E-state index contributed by atoms with van der Waals surface area (Å²) in [7, 11) is 0. The lowest BCUT2D eigenvalue weighted by atomic mass is 9.89. The summed E-state index contributed by atoms with van der Waals surface area (Å²) < 4.78 is 2.19. The summed E-state index contributed by atoms with van der Waals surface area (Å²) in [5.41, 5.74) is 11.4. The highest BCUT2D eigenvalue weighted by Crippen LogP contribution is 2.36. The SMILES string of the molecule is C[C@@H]1CN(c2ccc(C#N)c3ncccc23)Cc2c3ccc(C4CCN(CC(N)=O)CC4)cc3nn21. The van der Waals surface area contributed by atoms with Crippen LogP contribution in [0.2, 0.25) is 0 Å². The fourth-order valence-electron chi connectivity index (χ4n) is 5.94. The molecular formula is C28H29N7O. The van der Waals surface area contributed by atoms with Crippen LogP contribution in [0.4, 0.5) is 5.69 Å². The standard InChI is InChI=1S/C28H29N7O/c1-18-15-34(25-7-5-21(14-29)28-23(25)3-2-10-31-28)16-26-22-6-4-20(13-24(22)32-35(18)26)19-8-11-33(12-9-19)17-27(30)36/h2-7,10,13,18-19H,8-9,11-12,15-17H2,1H3,(H2,30,36)/t18-/m1/s1. The largest absolute Gasteiger partial charge is 0.369 e. The quantitative estimate of drug-likeness (QED) is 0.479. The summed E-state index contributed by atoms with van der Waals surface area (Å²) >= 11 is 0. The maximum absolute atomic E-state index is 11.2. The molecule has 182 valence electrons. The number of primary amides is 1. The molecule has 1 amide bonds. The molecule has 0 radical (unpaired) electrons. The Morgan fingerprint density at radius 3 is 2.78 bits per heavy atom. The van der Waals surface area contributed by atoms with Gasteiger partial charge in [0.2, 0.25) is 5.91 Å². The fourth-order valence-corrected chi connectivity index (χ4v) is 5.94. The van der Waals surface area contributed by atoms with Gasteiger partial charge in [0, 0.05) is 29.2 Å². The third-order valence-corrected chi connectivity index (χ3v) is 7.71. The first kappa shape index (κ1) is 22.5. The van der Waals surface area contributed by atoms with Crippen molar-refractivity contribution in [1.29, 1.82) is 5.26 Å². The van der Waals surface area contributed by atoms with E-state index in [9.17, 15) is 10.1 Å². The van der Waals surface area contributed by atoms with Crippen LogP contribution in [0.15, 0.2) is 48.7 Å². The van der Waals surface area contributed by atoms with E-state index >= 15 is 0 Å². The van der Waals surface area contributed by atoms with Gasteiger partial charge in [-0.15, -0.1) is 0 Å². The number of rotatable bonds is 4. The number of hydrogen-bond acceptors (Lipinski definition) is 6. The number of pyridine rings is 1. The van der Waals surface area contributed by atoms with Crippen molar-refractivity contribution < 1.29 is 4.79 Å². The van der Waals surface area contributed by atoms with Crippen molar-refractivity contribution in [1.82, 2.24) is 19.7 Å². The molecule has 36 heavy (non-hydrogen) atoms. The third-order valence-electron chi connectivity index (χ3n) is 7.71. The number of nitriles is 1. The predicted octanol–water partition coefficient (Wildman–Crippen LogP) is 3.70. The molecule has 4 heterocycles. The molecule has 2 aromatic heterocycles. The van der Waals surface area contributed by atoms with Gasteiger partial charge in [-0.3, -0.25) is 19.4 Å². The average Bonchev–Trinajstić information content (AvgIpc) is 3.26. The Morgan fingerprint density at radius 2 is 2.00 bits per heavy atom. The zero-order valence-corrected chi connectivity index (χ0v) is 20.4. The number of nitrogens with two attached hydrogens (primary N) is 1. The first-order chi connectivity index (χ1) is 17.5. The maximum Gasteiger partial charge on any atom is 0.231 e. The van der Waals surface area contributed by atoms with Crippen LogP contribution in [-0.4, -0.2) is 51.8 Å². The van der Waals surface area contributed by atoms with Gasteiger partial charge in [0.15, 0.2) is 0 Å². The summed E-state index contributed by atoms with van der Waals surface area (Å²) in [6.07, 6.45) is 3.79. The van der Waals surface area contributed by atoms with Crippen molar-refractivity contribution in [2.24, 2.45) is 5.73 Å². The molecule has 1 fully saturated rings. The zero-order valence-electron chi connectivity index (χ0n) is 20.4. The minimum atomic E-state index is -0.258. The van der Waals surface area contributed by atoms with E-state index in [4.69, 9.17) is 10.8 Å². The molecule has 0 unspecified atom stereocenters. The van der Waals surface area contributed by atoms with Crippen molar-refractivity contribution >= 4 is 33.4 Å². The molecule has 2 aliphatic heterocycles. The molecule has 1 atom stereocenters. The Bertz CT molecular complexity index is 1510. The minimum Gasteiger partial charge on any atom is -0.369 e. The van der Waals surface area contributed by atoms with Gasteiger partial charge in [0.25, 0.3) is 0 Å². The van der Waals surface area contributed by atoms with Crippen molar-refractivity contribution in [2.75, 3.05) is 31.1 Å². The van der Waals surface area contributed by atoms with Crippen LogP contribution in [0.1, 0.15) is 48.5 Å². The molecule has 8 heteroatoms. The van der Waals surface area contributed by atoms with Crippen LogP contribution < -0.4 is 10.6 Å². The second-order valence-corrected chi connectivity index (χ2v) is 10.1. The minimum absolute atomic E-state index is 0.212. The molecule has 2 aliphatic rings.